The number of halogens is 2. The van der Waals surface area contributed by atoms with Crippen molar-refractivity contribution in [2.75, 3.05) is 18.4 Å². The number of benzene rings is 2. The number of nitrogens with zero attached hydrogens (tertiary/aromatic N) is 1. The Hall–Kier alpha value is -2.13. The fraction of sp³-hybridized carbons (Fsp3) is 0.300. The lowest BCUT2D eigenvalue weighted by molar-refractivity contribution is -0.121. The zero-order valence-corrected chi connectivity index (χ0v) is 18.3. The first-order valence-corrected chi connectivity index (χ1v) is 11.5. The fourth-order valence-corrected chi connectivity index (χ4v) is 5.60. The number of nitrogens with one attached hydrogen (secondary N) is 1. The first kappa shape index (κ1) is 22.6. The van der Waals surface area contributed by atoms with E-state index in [1.165, 1.54) is 22.5 Å². The van der Waals surface area contributed by atoms with Crippen molar-refractivity contribution in [2.24, 2.45) is 11.7 Å². The molecule has 10 heteroatoms. The number of carbonyl (C=O) groups is 2. The van der Waals surface area contributed by atoms with Crippen molar-refractivity contribution in [3.05, 3.63) is 58.1 Å². The Bertz CT molecular complexity index is 1060. The molecule has 1 fully saturated rings. The van der Waals surface area contributed by atoms with E-state index in [0.717, 1.165) is 5.56 Å². The maximum absolute atomic E-state index is 13.0. The van der Waals surface area contributed by atoms with E-state index in [0.29, 0.717) is 25.1 Å². The minimum Gasteiger partial charge on any atom is -0.369 e. The lowest BCUT2D eigenvalue weighted by atomic mass is 9.98. The van der Waals surface area contributed by atoms with E-state index in [1.54, 1.807) is 24.3 Å². The molecular weight excluding hydrogens is 449 g/mol. The molecule has 0 bridgehead atoms. The summed E-state index contributed by atoms with van der Waals surface area (Å²) in [5, 5.41) is 3.15. The van der Waals surface area contributed by atoms with E-state index < -0.39 is 21.8 Å². The van der Waals surface area contributed by atoms with Gasteiger partial charge in [0.15, 0.2) is 0 Å². The lowest BCUT2D eigenvalue weighted by Gasteiger charge is -2.31. The minimum absolute atomic E-state index is 0.0523. The maximum atomic E-state index is 13.0. The van der Waals surface area contributed by atoms with Crippen molar-refractivity contribution in [1.82, 2.24) is 4.31 Å². The summed E-state index contributed by atoms with van der Waals surface area (Å²) in [5.41, 5.74) is 6.48. The number of amides is 2. The molecule has 2 aromatic carbocycles. The predicted octanol–water partition coefficient (Wildman–Crippen LogP) is 3.06. The van der Waals surface area contributed by atoms with Crippen LogP contribution in [0.2, 0.25) is 10.0 Å². The van der Waals surface area contributed by atoms with Gasteiger partial charge in [-0.05, 0) is 48.7 Å². The van der Waals surface area contributed by atoms with Crippen LogP contribution in [0.15, 0.2) is 47.4 Å². The van der Waals surface area contributed by atoms with E-state index in [9.17, 15) is 18.0 Å². The average molecular weight is 470 g/mol. The summed E-state index contributed by atoms with van der Waals surface area (Å²) in [6.45, 7) is 0.355. The molecule has 0 radical (unpaired) electrons. The van der Waals surface area contributed by atoms with Crippen LogP contribution in [-0.4, -0.2) is 37.6 Å². The molecule has 1 heterocycles. The predicted molar refractivity (Wildman–Crippen MR) is 116 cm³/mol. The number of nitrogens with two attached hydrogens (primary N) is 1. The van der Waals surface area contributed by atoms with Gasteiger partial charge in [-0.15, -0.1) is 0 Å². The second-order valence-corrected chi connectivity index (χ2v) is 9.86. The maximum Gasteiger partial charge on any atom is 0.244 e. The highest BCUT2D eigenvalue weighted by Gasteiger charge is 2.34. The molecule has 1 aliphatic rings. The number of piperidine rings is 1. The largest absolute Gasteiger partial charge is 0.369 e. The molecule has 0 aliphatic carbocycles. The molecule has 0 aromatic heterocycles. The minimum atomic E-state index is -3.88. The topological polar surface area (TPSA) is 110 Å². The third-order valence-corrected chi connectivity index (χ3v) is 7.45. The third-order valence-electron chi connectivity index (χ3n) is 4.87. The van der Waals surface area contributed by atoms with Gasteiger partial charge in [-0.25, -0.2) is 8.42 Å². The summed E-state index contributed by atoms with van der Waals surface area (Å²) >= 11 is 12.0. The van der Waals surface area contributed by atoms with Crippen LogP contribution in [0, 0.1) is 5.92 Å². The number of rotatable bonds is 6. The summed E-state index contributed by atoms with van der Waals surface area (Å²) in [4.78, 5) is 23.6. The molecule has 0 saturated carbocycles. The summed E-state index contributed by atoms with van der Waals surface area (Å²) in [5.74, 6) is -1.21. The summed E-state index contributed by atoms with van der Waals surface area (Å²) in [6.07, 6.45) is 1.24. The van der Waals surface area contributed by atoms with Gasteiger partial charge in [0.25, 0.3) is 0 Å². The Balaban J connectivity index is 1.70. The Labute approximate surface area is 185 Å². The average Bonchev–Trinajstić information content (AvgIpc) is 2.71. The van der Waals surface area contributed by atoms with E-state index >= 15 is 0 Å². The quantitative estimate of drug-likeness (QED) is 0.676. The van der Waals surface area contributed by atoms with Gasteiger partial charge >= 0.3 is 0 Å². The molecule has 160 valence electrons. The van der Waals surface area contributed by atoms with Crippen LogP contribution in [0.5, 0.6) is 0 Å². The van der Waals surface area contributed by atoms with Gasteiger partial charge in [-0.1, -0.05) is 35.3 Å². The Morgan fingerprint density at radius 3 is 2.50 bits per heavy atom. The standard InChI is InChI=1S/C20H21Cl2N3O4S/c21-15-5-8-17(22)18(11-15)30(28,29)25-9-1-2-14(12-25)20(27)24-16-6-3-13(4-7-16)10-19(23)26/h3-8,11,14H,1-2,9-10,12H2,(H2,23,26)(H,24,27)/t14-/m1/s1. The first-order valence-electron chi connectivity index (χ1n) is 9.30. The zero-order valence-electron chi connectivity index (χ0n) is 16.0. The number of primary amides is 1. The molecule has 2 amide bonds. The van der Waals surface area contributed by atoms with Crippen LogP contribution in [0.4, 0.5) is 5.69 Å². The molecule has 7 nitrogen and oxygen atoms in total. The highest BCUT2D eigenvalue weighted by Crippen LogP contribution is 2.30. The third kappa shape index (κ3) is 5.31. The number of hydrogen-bond donors (Lipinski definition) is 2. The van der Waals surface area contributed by atoms with Crippen molar-refractivity contribution >= 4 is 50.7 Å². The van der Waals surface area contributed by atoms with E-state index in [4.69, 9.17) is 28.9 Å². The Morgan fingerprint density at radius 2 is 1.83 bits per heavy atom. The molecule has 1 aliphatic heterocycles. The van der Waals surface area contributed by atoms with E-state index in [2.05, 4.69) is 5.32 Å². The number of carbonyl (C=O) groups excluding carboxylic acids is 2. The molecule has 0 unspecified atom stereocenters. The molecule has 3 N–H and O–H groups in total. The van der Waals surface area contributed by atoms with Crippen molar-refractivity contribution in [3.63, 3.8) is 0 Å². The Kier molecular flexibility index (Phi) is 7.02. The van der Waals surface area contributed by atoms with Crippen LogP contribution in [0.1, 0.15) is 18.4 Å². The number of anilines is 1. The molecule has 1 saturated heterocycles. The van der Waals surface area contributed by atoms with E-state index in [-0.39, 0.29) is 33.8 Å². The SMILES string of the molecule is NC(=O)Cc1ccc(NC(=O)[C@@H]2CCCN(S(=O)(=O)c3cc(Cl)ccc3Cl)C2)cc1. The van der Waals surface area contributed by atoms with Gasteiger partial charge in [0.05, 0.1) is 17.4 Å². The molecule has 0 spiro atoms. The van der Waals surface area contributed by atoms with Gasteiger partial charge in [-0.2, -0.15) is 4.31 Å². The van der Waals surface area contributed by atoms with Crippen LogP contribution in [-0.2, 0) is 26.0 Å². The van der Waals surface area contributed by atoms with Crippen LogP contribution in [0.3, 0.4) is 0 Å². The second kappa shape index (κ2) is 9.34. The molecule has 1 atom stereocenters. The van der Waals surface area contributed by atoms with Crippen LogP contribution in [0.25, 0.3) is 0 Å². The van der Waals surface area contributed by atoms with E-state index in [1.807, 2.05) is 0 Å². The first-order chi connectivity index (χ1) is 14.2. The molecule has 30 heavy (non-hydrogen) atoms. The van der Waals surface area contributed by atoms with Gasteiger partial charge in [-0.3, -0.25) is 9.59 Å². The van der Waals surface area contributed by atoms with Crippen LogP contribution >= 0.6 is 23.2 Å². The van der Waals surface area contributed by atoms with Gasteiger partial charge in [0, 0.05) is 23.8 Å². The van der Waals surface area contributed by atoms with Crippen molar-refractivity contribution in [1.29, 1.82) is 0 Å². The highest BCUT2D eigenvalue weighted by molar-refractivity contribution is 7.89. The number of hydrogen-bond acceptors (Lipinski definition) is 4. The van der Waals surface area contributed by atoms with Crippen LogP contribution < -0.4 is 11.1 Å². The molecule has 3 rings (SSSR count). The van der Waals surface area contributed by atoms with Crippen molar-refractivity contribution in [3.8, 4) is 0 Å². The molecular formula is C20H21Cl2N3O4S. The van der Waals surface area contributed by atoms with Crippen molar-refractivity contribution in [2.45, 2.75) is 24.2 Å². The summed E-state index contributed by atoms with van der Waals surface area (Å²) in [6, 6.07) is 11.0. The monoisotopic (exact) mass is 469 g/mol. The normalized spacial score (nSPS) is 17.5. The summed E-state index contributed by atoms with van der Waals surface area (Å²) in [7, 11) is -3.88. The lowest BCUT2D eigenvalue weighted by Crippen LogP contribution is -2.43. The van der Waals surface area contributed by atoms with Gasteiger partial charge in [0.1, 0.15) is 4.90 Å². The van der Waals surface area contributed by atoms with Crippen molar-refractivity contribution < 1.29 is 18.0 Å². The fourth-order valence-electron chi connectivity index (χ4n) is 3.34. The smallest absolute Gasteiger partial charge is 0.244 e. The highest BCUT2D eigenvalue weighted by atomic mass is 35.5. The molecule has 2 aromatic rings. The Morgan fingerprint density at radius 1 is 1.13 bits per heavy atom. The van der Waals surface area contributed by atoms with Gasteiger partial charge in [0.2, 0.25) is 21.8 Å². The zero-order chi connectivity index (χ0) is 21.9. The number of sulfonamides is 1. The second-order valence-electron chi connectivity index (χ2n) is 7.11. The van der Waals surface area contributed by atoms with Gasteiger partial charge < -0.3 is 11.1 Å². The summed E-state index contributed by atoms with van der Waals surface area (Å²) < 4.78 is 27.3.